The van der Waals surface area contributed by atoms with Crippen LogP contribution in [-0.4, -0.2) is 40.7 Å². The Morgan fingerprint density at radius 3 is 2.39 bits per heavy atom. The summed E-state index contributed by atoms with van der Waals surface area (Å²) in [7, 11) is 0. The van der Waals surface area contributed by atoms with Crippen molar-refractivity contribution in [1.82, 2.24) is 15.3 Å². The van der Waals surface area contributed by atoms with E-state index in [2.05, 4.69) is 15.3 Å². The zero-order valence-electron chi connectivity index (χ0n) is 14.4. The fourth-order valence-corrected chi connectivity index (χ4v) is 2.48. The number of aromatic nitrogens is 2. The van der Waals surface area contributed by atoms with Gasteiger partial charge in [0.15, 0.2) is 11.8 Å². The molecule has 0 saturated heterocycles. The van der Waals surface area contributed by atoms with Gasteiger partial charge in [-0.15, -0.1) is 0 Å². The molecule has 0 aliphatic heterocycles. The fraction of sp³-hybridized carbons (Fsp3) is 0.625. The van der Waals surface area contributed by atoms with Crippen molar-refractivity contribution in [1.29, 1.82) is 0 Å². The SMILES string of the molecule is CC[C@@H](C)NC(=O)COC(=O)CCc1c(C)nc(SC)nc1C. The first-order chi connectivity index (χ1) is 10.9. The van der Waals surface area contributed by atoms with Crippen LogP contribution >= 0.6 is 11.8 Å². The van der Waals surface area contributed by atoms with Gasteiger partial charge in [-0.2, -0.15) is 0 Å². The number of aryl methyl sites for hydroxylation is 2. The molecule has 0 fully saturated rings. The second-order valence-electron chi connectivity index (χ2n) is 5.40. The highest BCUT2D eigenvalue weighted by Gasteiger charge is 2.13. The Bertz CT molecular complexity index is 540. The molecule has 1 amide bonds. The Kier molecular flexibility index (Phi) is 8.02. The third-order valence-corrected chi connectivity index (χ3v) is 4.09. The van der Waals surface area contributed by atoms with E-state index in [-0.39, 0.29) is 25.0 Å². The number of carbonyl (C=O) groups excluding carboxylic acids is 2. The number of esters is 1. The standard InChI is InChI=1S/C16H25N3O3S/c1-6-10(2)17-14(20)9-22-15(21)8-7-13-11(3)18-16(23-5)19-12(13)4/h10H,6-9H2,1-5H3,(H,17,20)/t10-/m1/s1. The van der Waals surface area contributed by atoms with Crippen LogP contribution in [0, 0.1) is 13.8 Å². The van der Waals surface area contributed by atoms with Crippen LogP contribution in [0.1, 0.15) is 43.6 Å². The van der Waals surface area contributed by atoms with Gasteiger partial charge in [0.1, 0.15) is 0 Å². The Morgan fingerprint density at radius 2 is 1.87 bits per heavy atom. The van der Waals surface area contributed by atoms with Crippen LogP contribution in [0.5, 0.6) is 0 Å². The molecule has 0 saturated carbocycles. The van der Waals surface area contributed by atoms with Crippen molar-refractivity contribution in [3.05, 3.63) is 17.0 Å². The quantitative estimate of drug-likeness (QED) is 0.444. The zero-order chi connectivity index (χ0) is 17.4. The summed E-state index contributed by atoms with van der Waals surface area (Å²) in [6.45, 7) is 7.47. The van der Waals surface area contributed by atoms with Crippen LogP contribution in [0.3, 0.4) is 0 Å². The lowest BCUT2D eigenvalue weighted by molar-refractivity contribution is -0.148. The van der Waals surface area contributed by atoms with Gasteiger partial charge < -0.3 is 10.1 Å². The number of ether oxygens (including phenoxy) is 1. The zero-order valence-corrected chi connectivity index (χ0v) is 15.2. The number of rotatable bonds is 8. The number of nitrogens with one attached hydrogen (secondary N) is 1. The van der Waals surface area contributed by atoms with E-state index in [0.717, 1.165) is 28.5 Å². The first kappa shape index (κ1) is 19.4. The van der Waals surface area contributed by atoms with Gasteiger partial charge in [0, 0.05) is 23.9 Å². The topological polar surface area (TPSA) is 81.2 Å². The average molecular weight is 339 g/mol. The maximum Gasteiger partial charge on any atom is 0.306 e. The molecule has 0 radical (unpaired) electrons. The fourth-order valence-electron chi connectivity index (χ4n) is 2.03. The first-order valence-corrected chi connectivity index (χ1v) is 8.92. The van der Waals surface area contributed by atoms with Crippen molar-refractivity contribution >= 4 is 23.6 Å². The molecular weight excluding hydrogens is 314 g/mol. The largest absolute Gasteiger partial charge is 0.456 e. The highest BCUT2D eigenvalue weighted by molar-refractivity contribution is 7.98. The third kappa shape index (κ3) is 6.56. The summed E-state index contributed by atoms with van der Waals surface area (Å²) in [4.78, 5) is 32.1. The molecule has 23 heavy (non-hydrogen) atoms. The number of nitrogens with zero attached hydrogens (tertiary/aromatic N) is 2. The van der Waals surface area contributed by atoms with Crippen LogP contribution in [0.2, 0.25) is 0 Å². The maximum atomic E-state index is 11.8. The molecule has 0 unspecified atom stereocenters. The van der Waals surface area contributed by atoms with Crippen LogP contribution in [0.4, 0.5) is 0 Å². The van der Waals surface area contributed by atoms with E-state index in [1.165, 1.54) is 11.8 Å². The molecule has 1 N–H and O–H groups in total. The molecule has 1 heterocycles. The van der Waals surface area contributed by atoms with Crippen LogP contribution in [-0.2, 0) is 20.7 Å². The summed E-state index contributed by atoms with van der Waals surface area (Å²) >= 11 is 1.49. The molecule has 128 valence electrons. The van der Waals surface area contributed by atoms with Gasteiger partial charge in [-0.05, 0) is 45.4 Å². The highest BCUT2D eigenvalue weighted by Crippen LogP contribution is 2.17. The highest BCUT2D eigenvalue weighted by atomic mass is 32.2. The van der Waals surface area contributed by atoms with Gasteiger partial charge in [-0.3, -0.25) is 9.59 Å². The molecular formula is C16H25N3O3S. The number of amides is 1. The van der Waals surface area contributed by atoms with Gasteiger partial charge >= 0.3 is 5.97 Å². The van der Waals surface area contributed by atoms with E-state index in [1.54, 1.807) is 0 Å². The molecule has 1 rings (SSSR count). The predicted molar refractivity (Wildman–Crippen MR) is 90.5 cm³/mol. The van der Waals surface area contributed by atoms with E-state index >= 15 is 0 Å². The second-order valence-corrected chi connectivity index (χ2v) is 6.17. The van der Waals surface area contributed by atoms with E-state index < -0.39 is 5.97 Å². The van der Waals surface area contributed by atoms with Crippen molar-refractivity contribution in [2.75, 3.05) is 12.9 Å². The van der Waals surface area contributed by atoms with Crippen LogP contribution in [0.25, 0.3) is 0 Å². The van der Waals surface area contributed by atoms with Gasteiger partial charge in [-0.25, -0.2) is 9.97 Å². The first-order valence-electron chi connectivity index (χ1n) is 7.70. The molecule has 0 spiro atoms. The Balaban J connectivity index is 2.46. The van der Waals surface area contributed by atoms with E-state index in [0.29, 0.717) is 6.42 Å². The molecule has 1 atom stereocenters. The van der Waals surface area contributed by atoms with Crippen molar-refractivity contribution in [2.45, 2.75) is 58.2 Å². The summed E-state index contributed by atoms with van der Waals surface area (Å²) < 4.78 is 5.00. The third-order valence-electron chi connectivity index (χ3n) is 3.55. The monoisotopic (exact) mass is 339 g/mol. The lowest BCUT2D eigenvalue weighted by atomic mass is 10.1. The van der Waals surface area contributed by atoms with Gasteiger partial charge in [0.05, 0.1) is 0 Å². The second kappa shape index (κ2) is 9.50. The molecule has 0 aliphatic carbocycles. The van der Waals surface area contributed by atoms with Gasteiger partial charge in [0.2, 0.25) is 0 Å². The van der Waals surface area contributed by atoms with Crippen molar-refractivity contribution in [2.24, 2.45) is 0 Å². The predicted octanol–water partition coefficient (Wildman–Crippen LogP) is 2.21. The molecule has 7 heteroatoms. The van der Waals surface area contributed by atoms with Gasteiger partial charge in [0.25, 0.3) is 5.91 Å². The Hall–Kier alpha value is -1.63. The summed E-state index contributed by atoms with van der Waals surface area (Å²) in [5.74, 6) is -0.662. The molecule has 0 aromatic carbocycles. The van der Waals surface area contributed by atoms with Crippen molar-refractivity contribution in [3.63, 3.8) is 0 Å². The van der Waals surface area contributed by atoms with E-state index in [4.69, 9.17) is 4.74 Å². The van der Waals surface area contributed by atoms with Gasteiger partial charge in [-0.1, -0.05) is 18.7 Å². The summed E-state index contributed by atoms with van der Waals surface area (Å²) in [6.07, 6.45) is 3.48. The smallest absolute Gasteiger partial charge is 0.306 e. The normalized spacial score (nSPS) is 11.9. The minimum atomic E-state index is -0.392. The van der Waals surface area contributed by atoms with E-state index in [9.17, 15) is 9.59 Å². The van der Waals surface area contributed by atoms with Crippen molar-refractivity contribution in [3.8, 4) is 0 Å². The average Bonchev–Trinajstić information content (AvgIpc) is 2.51. The molecule has 0 bridgehead atoms. The minimum Gasteiger partial charge on any atom is -0.456 e. The van der Waals surface area contributed by atoms with Crippen molar-refractivity contribution < 1.29 is 14.3 Å². The number of thioether (sulfide) groups is 1. The lowest BCUT2D eigenvalue weighted by Crippen LogP contribution is -2.35. The maximum absolute atomic E-state index is 11.8. The number of hydrogen-bond donors (Lipinski definition) is 1. The molecule has 1 aromatic rings. The Morgan fingerprint density at radius 1 is 1.26 bits per heavy atom. The minimum absolute atomic E-state index is 0.0820. The summed E-state index contributed by atoms with van der Waals surface area (Å²) in [5.41, 5.74) is 2.72. The Labute approximate surface area is 141 Å². The van der Waals surface area contributed by atoms with Crippen LogP contribution < -0.4 is 5.32 Å². The summed E-state index contributed by atoms with van der Waals surface area (Å²) in [6, 6.07) is 0.0820. The summed E-state index contributed by atoms with van der Waals surface area (Å²) in [5, 5.41) is 3.48. The number of carbonyl (C=O) groups is 2. The number of hydrogen-bond acceptors (Lipinski definition) is 6. The van der Waals surface area contributed by atoms with E-state index in [1.807, 2.05) is 34.0 Å². The van der Waals surface area contributed by atoms with Crippen LogP contribution in [0.15, 0.2) is 5.16 Å². The molecule has 1 aromatic heterocycles. The lowest BCUT2D eigenvalue weighted by Gasteiger charge is -2.12. The molecule has 6 nitrogen and oxygen atoms in total. The molecule has 0 aliphatic rings.